The summed E-state index contributed by atoms with van der Waals surface area (Å²) in [5.74, 6) is -0.00117. The van der Waals surface area contributed by atoms with Crippen molar-refractivity contribution in [2.45, 2.75) is 32.0 Å². The first-order valence-electron chi connectivity index (χ1n) is 6.56. The van der Waals surface area contributed by atoms with Crippen LogP contribution < -0.4 is 66.3 Å². The number of methoxy groups -OCH3 is 1. The zero-order chi connectivity index (χ0) is 14.8. The summed E-state index contributed by atoms with van der Waals surface area (Å²) in [7, 11) is 1.33. The number of hydrogen-bond donors (Lipinski definition) is 0. The van der Waals surface area contributed by atoms with Crippen molar-refractivity contribution in [1.82, 2.24) is 0 Å². The van der Waals surface area contributed by atoms with E-state index in [2.05, 4.69) is 0 Å². The SMILES string of the molecule is COc1ccc(OCC2CCC(C)O2)c([B-](F)(F)F)c1.[K+]. The molecule has 2 unspecified atom stereocenters. The molecule has 1 saturated heterocycles. The summed E-state index contributed by atoms with van der Waals surface area (Å²) >= 11 is 0. The second kappa shape index (κ2) is 8.22. The molecule has 0 bridgehead atoms. The van der Waals surface area contributed by atoms with Gasteiger partial charge in [-0.05, 0) is 38.0 Å². The first kappa shape index (κ1) is 19.3. The summed E-state index contributed by atoms with van der Waals surface area (Å²) in [6.45, 7) is -3.07. The van der Waals surface area contributed by atoms with E-state index in [0.29, 0.717) is 0 Å². The van der Waals surface area contributed by atoms with Crippen molar-refractivity contribution < 1.29 is 78.5 Å². The Labute approximate surface area is 165 Å². The van der Waals surface area contributed by atoms with Gasteiger partial charge in [0.2, 0.25) is 0 Å². The molecular weight excluding hydrogens is 311 g/mol. The molecule has 1 aliphatic heterocycles. The number of hydrogen-bond acceptors (Lipinski definition) is 3. The zero-order valence-corrected chi connectivity index (χ0v) is 15.6. The molecule has 1 aliphatic rings. The molecule has 112 valence electrons. The summed E-state index contributed by atoms with van der Waals surface area (Å²) in [5, 5.41) is 0. The van der Waals surface area contributed by atoms with Crippen LogP contribution in [0.15, 0.2) is 18.2 Å². The number of ether oxygens (including phenoxy) is 3. The molecule has 0 spiro atoms. The predicted octanol–water partition coefficient (Wildman–Crippen LogP) is -0.300. The molecular formula is C13H17BF3KO3. The van der Waals surface area contributed by atoms with E-state index in [1.165, 1.54) is 19.2 Å². The molecule has 21 heavy (non-hydrogen) atoms. The summed E-state index contributed by atoms with van der Waals surface area (Å²) in [5.41, 5.74) is -0.768. The van der Waals surface area contributed by atoms with Crippen molar-refractivity contribution in [3.63, 3.8) is 0 Å². The van der Waals surface area contributed by atoms with Crippen LogP contribution >= 0.6 is 0 Å². The smallest absolute Gasteiger partial charge is 0.497 e. The largest absolute Gasteiger partial charge is 1.00 e. The Morgan fingerprint density at radius 3 is 2.52 bits per heavy atom. The van der Waals surface area contributed by atoms with Gasteiger partial charge in [-0.1, -0.05) is 5.46 Å². The van der Waals surface area contributed by atoms with Crippen molar-refractivity contribution in [1.29, 1.82) is 0 Å². The van der Waals surface area contributed by atoms with Crippen LogP contribution in [0.2, 0.25) is 0 Å². The molecule has 0 N–H and O–H groups in total. The molecule has 0 amide bonds. The van der Waals surface area contributed by atoms with Crippen LogP contribution in [-0.2, 0) is 4.74 Å². The van der Waals surface area contributed by atoms with Gasteiger partial charge in [0.25, 0.3) is 0 Å². The molecule has 0 saturated carbocycles. The molecule has 0 aliphatic carbocycles. The summed E-state index contributed by atoms with van der Waals surface area (Å²) in [6, 6.07) is 3.72. The van der Waals surface area contributed by atoms with Gasteiger partial charge in [0.15, 0.2) is 0 Å². The Morgan fingerprint density at radius 1 is 1.29 bits per heavy atom. The number of benzene rings is 1. The van der Waals surface area contributed by atoms with Gasteiger partial charge < -0.3 is 27.2 Å². The standard InChI is InChI=1S/C13H17BF3O3.K/c1-9-3-4-11(20-9)8-19-13-6-5-10(18-2)7-12(13)14(15,16)17;/h5-7,9,11H,3-4,8H2,1-2H3;/q-1;+1. The first-order chi connectivity index (χ1) is 9.40. The van der Waals surface area contributed by atoms with Gasteiger partial charge in [0, 0.05) is 0 Å². The van der Waals surface area contributed by atoms with Crippen LogP contribution in [0.3, 0.4) is 0 Å². The van der Waals surface area contributed by atoms with Crippen molar-refractivity contribution >= 4 is 12.4 Å². The molecule has 3 nitrogen and oxygen atoms in total. The normalized spacial score (nSPS) is 21.8. The molecule has 0 radical (unpaired) electrons. The summed E-state index contributed by atoms with van der Waals surface area (Å²) in [4.78, 5) is 0. The van der Waals surface area contributed by atoms with Gasteiger partial charge in [-0.25, -0.2) is 0 Å². The van der Waals surface area contributed by atoms with Crippen LogP contribution in [0.4, 0.5) is 12.9 Å². The summed E-state index contributed by atoms with van der Waals surface area (Å²) < 4.78 is 54.7. The minimum absolute atomic E-state index is 0. The van der Waals surface area contributed by atoms with E-state index < -0.39 is 12.4 Å². The maximum absolute atomic E-state index is 13.0. The monoisotopic (exact) mass is 328 g/mol. The Kier molecular flexibility index (Phi) is 7.56. The van der Waals surface area contributed by atoms with Crippen molar-refractivity contribution in [2.24, 2.45) is 0 Å². The molecule has 1 heterocycles. The molecule has 1 aromatic rings. The third-order valence-electron chi connectivity index (χ3n) is 3.31. The molecule has 0 aromatic heterocycles. The minimum Gasteiger partial charge on any atom is -0.497 e. The molecule has 8 heteroatoms. The van der Waals surface area contributed by atoms with E-state index in [1.807, 2.05) is 6.92 Å². The minimum atomic E-state index is -5.15. The Balaban J connectivity index is 0.00000220. The molecule has 1 fully saturated rings. The number of halogens is 3. The van der Waals surface area contributed by atoms with E-state index >= 15 is 0 Å². The Hall–Kier alpha value is 0.271. The predicted molar refractivity (Wildman–Crippen MR) is 70.8 cm³/mol. The van der Waals surface area contributed by atoms with Gasteiger partial charge in [-0.2, -0.15) is 0 Å². The zero-order valence-electron chi connectivity index (χ0n) is 12.4. The first-order valence-corrected chi connectivity index (χ1v) is 6.56. The number of rotatable bonds is 5. The van der Waals surface area contributed by atoms with Crippen LogP contribution in [0.1, 0.15) is 19.8 Å². The van der Waals surface area contributed by atoms with E-state index in [9.17, 15) is 12.9 Å². The van der Waals surface area contributed by atoms with Crippen molar-refractivity contribution in [3.05, 3.63) is 18.2 Å². The van der Waals surface area contributed by atoms with Gasteiger partial charge >= 0.3 is 58.4 Å². The second-order valence-electron chi connectivity index (χ2n) is 4.94. The topological polar surface area (TPSA) is 27.7 Å². The second-order valence-corrected chi connectivity index (χ2v) is 4.94. The maximum atomic E-state index is 13.0. The quantitative estimate of drug-likeness (QED) is 0.695. The fraction of sp³-hybridized carbons (Fsp3) is 0.538. The third kappa shape index (κ3) is 5.44. The molecule has 2 rings (SSSR count). The molecule has 2 atom stereocenters. The van der Waals surface area contributed by atoms with Crippen LogP contribution in [-0.4, -0.2) is 32.9 Å². The van der Waals surface area contributed by atoms with Crippen LogP contribution in [0, 0.1) is 0 Å². The van der Waals surface area contributed by atoms with Gasteiger partial charge in [0.1, 0.15) is 12.4 Å². The van der Waals surface area contributed by atoms with E-state index in [-0.39, 0.29) is 81.7 Å². The van der Waals surface area contributed by atoms with Gasteiger partial charge in [0.05, 0.1) is 25.1 Å². The third-order valence-corrected chi connectivity index (χ3v) is 3.31. The summed E-state index contributed by atoms with van der Waals surface area (Å²) in [6.07, 6.45) is 1.72. The molecule has 1 aromatic carbocycles. The fourth-order valence-electron chi connectivity index (χ4n) is 2.23. The Bertz CT molecular complexity index is 470. The van der Waals surface area contributed by atoms with E-state index in [1.54, 1.807) is 0 Å². The van der Waals surface area contributed by atoms with Crippen LogP contribution in [0.25, 0.3) is 0 Å². The van der Waals surface area contributed by atoms with Crippen LogP contribution in [0.5, 0.6) is 11.5 Å². The van der Waals surface area contributed by atoms with E-state index in [0.717, 1.165) is 18.9 Å². The maximum Gasteiger partial charge on any atom is 1.00 e. The van der Waals surface area contributed by atoms with Gasteiger partial charge in [-0.15, -0.1) is 0 Å². The fourth-order valence-corrected chi connectivity index (χ4v) is 2.23. The van der Waals surface area contributed by atoms with Crippen molar-refractivity contribution in [3.8, 4) is 11.5 Å². The average molecular weight is 328 g/mol. The Morgan fingerprint density at radius 2 is 2.00 bits per heavy atom. The average Bonchev–Trinajstić information content (AvgIpc) is 2.81. The van der Waals surface area contributed by atoms with Crippen molar-refractivity contribution in [2.75, 3.05) is 13.7 Å². The van der Waals surface area contributed by atoms with Gasteiger partial charge in [-0.3, -0.25) is 0 Å². The van der Waals surface area contributed by atoms with E-state index in [4.69, 9.17) is 14.2 Å².